The van der Waals surface area contributed by atoms with Crippen LogP contribution in [-0.2, 0) is 6.61 Å². The summed E-state index contributed by atoms with van der Waals surface area (Å²) in [4.78, 5) is 8.20. The monoisotopic (exact) mass is 294 g/mol. The van der Waals surface area contributed by atoms with Crippen LogP contribution in [0.3, 0.4) is 0 Å². The maximum atomic E-state index is 9.01. The highest BCUT2D eigenvalue weighted by atomic mass is 79.9. The SMILES string of the molecule is Cc1nc(Oc2ccccc2Br)ncc1CO. The van der Waals surface area contributed by atoms with Crippen LogP contribution in [0.4, 0.5) is 0 Å². The summed E-state index contributed by atoms with van der Waals surface area (Å²) < 4.78 is 6.38. The predicted octanol–water partition coefficient (Wildman–Crippen LogP) is 2.83. The van der Waals surface area contributed by atoms with Gasteiger partial charge in [0, 0.05) is 11.8 Å². The van der Waals surface area contributed by atoms with Crippen LogP contribution in [0.25, 0.3) is 0 Å². The Morgan fingerprint density at radius 1 is 1.35 bits per heavy atom. The molecule has 0 unspecified atom stereocenters. The van der Waals surface area contributed by atoms with E-state index in [1.54, 1.807) is 13.1 Å². The molecular weight excluding hydrogens is 284 g/mol. The summed E-state index contributed by atoms with van der Waals surface area (Å²) in [6.45, 7) is 1.74. The van der Waals surface area contributed by atoms with Gasteiger partial charge in [0.25, 0.3) is 0 Å². The molecule has 0 radical (unpaired) electrons. The summed E-state index contributed by atoms with van der Waals surface area (Å²) in [5, 5.41) is 9.01. The van der Waals surface area contributed by atoms with Gasteiger partial charge >= 0.3 is 6.01 Å². The van der Waals surface area contributed by atoms with Gasteiger partial charge in [-0.3, -0.25) is 0 Å². The third-order valence-corrected chi connectivity index (χ3v) is 2.92. The summed E-state index contributed by atoms with van der Waals surface area (Å²) in [5.74, 6) is 0.656. The van der Waals surface area contributed by atoms with Gasteiger partial charge in [-0.25, -0.2) is 4.98 Å². The molecule has 17 heavy (non-hydrogen) atoms. The number of aliphatic hydroxyl groups is 1. The fourth-order valence-corrected chi connectivity index (χ4v) is 1.67. The van der Waals surface area contributed by atoms with Crippen molar-refractivity contribution in [1.29, 1.82) is 0 Å². The molecule has 88 valence electrons. The lowest BCUT2D eigenvalue weighted by molar-refractivity contribution is 0.279. The number of aliphatic hydroxyl groups excluding tert-OH is 1. The number of para-hydroxylation sites is 1. The number of hydrogen-bond donors (Lipinski definition) is 1. The second kappa shape index (κ2) is 5.25. The first-order valence-corrected chi connectivity index (χ1v) is 5.86. The summed E-state index contributed by atoms with van der Waals surface area (Å²) in [5.41, 5.74) is 1.41. The zero-order valence-electron chi connectivity index (χ0n) is 9.22. The number of hydrogen-bond acceptors (Lipinski definition) is 4. The zero-order valence-corrected chi connectivity index (χ0v) is 10.8. The molecular formula is C12H11BrN2O2. The van der Waals surface area contributed by atoms with E-state index in [1.165, 1.54) is 0 Å². The van der Waals surface area contributed by atoms with Gasteiger partial charge in [0.15, 0.2) is 0 Å². The van der Waals surface area contributed by atoms with E-state index >= 15 is 0 Å². The fraction of sp³-hybridized carbons (Fsp3) is 0.167. The van der Waals surface area contributed by atoms with Crippen LogP contribution in [-0.4, -0.2) is 15.1 Å². The lowest BCUT2D eigenvalue weighted by Crippen LogP contribution is -1.98. The minimum Gasteiger partial charge on any atom is -0.423 e. The maximum Gasteiger partial charge on any atom is 0.322 e. The normalized spacial score (nSPS) is 10.3. The molecule has 0 aliphatic rings. The molecule has 0 atom stereocenters. The van der Waals surface area contributed by atoms with Gasteiger partial charge in [-0.15, -0.1) is 0 Å². The fourth-order valence-electron chi connectivity index (χ4n) is 1.30. The van der Waals surface area contributed by atoms with E-state index in [9.17, 15) is 0 Å². The van der Waals surface area contributed by atoms with Crippen LogP contribution in [0.1, 0.15) is 11.3 Å². The molecule has 0 aliphatic heterocycles. The lowest BCUT2D eigenvalue weighted by atomic mass is 10.3. The van der Waals surface area contributed by atoms with Gasteiger partial charge in [-0.05, 0) is 35.0 Å². The molecule has 0 saturated heterocycles. The van der Waals surface area contributed by atoms with Gasteiger partial charge in [-0.2, -0.15) is 4.98 Å². The average molecular weight is 295 g/mol. The average Bonchev–Trinajstić information content (AvgIpc) is 2.32. The van der Waals surface area contributed by atoms with E-state index in [1.807, 2.05) is 24.3 Å². The Hall–Kier alpha value is -1.46. The molecule has 0 amide bonds. The molecule has 1 N–H and O–H groups in total. The van der Waals surface area contributed by atoms with Crippen LogP contribution >= 0.6 is 15.9 Å². The van der Waals surface area contributed by atoms with Crippen molar-refractivity contribution in [1.82, 2.24) is 9.97 Å². The Morgan fingerprint density at radius 3 is 2.76 bits per heavy atom. The Morgan fingerprint density at radius 2 is 2.12 bits per heavy atom. The molecule has 5 heteroatoms. The molecule has 1 heterocycles. The second-order valence-electron chi connectivity index (χ2n) is 3.45. The first-order chi connectivity index (χ1) is 8.20. The van der Waals surface area contributed by atoms with Crippen molar-refractivity contribution < 1.29 is 9.84 Å². The Bertz CT molecular complexity index is 532. The molecule has 2 aromatic rings. The van der Waals surface area contributed by atoms with E-state index < -0.39 is 0 Å². The number of benzene rings is 1. The third kappa shape index (κ3) is 2.81. The van der Waals surface area contributed by atoms with Gasteiger partial charge in [0.2, 0.25) is 0 Å². The highest BCUT2D eigenvalue weighted by Crippen LogP contribution is 2.27. The number of aromatic nitrogens is 2. The first-order valence-electron chi connectivity index (χ1n) is 5.06. The molecule has 1 aromatic carbocycles. The van der Waals surface area contributed by atoms with Crippen molar-refractivity contribution in [2.45, 2.75) is 13.5 Å². The standard InChI is InChI=1S/C12H11BrN2O2/c1-8-9(7-16)6-14-12(15-8)17-11-5-3-2-4-10(11)13/h2-6,16H,7H2,1H3. The van der Waals surface area contributed by atoms with Crippen molar-refractivity contribution in [3.63, 3.8) is 0 Å². The van der Waals surface area contributed by atoms with E-state index in [0.29, 0.717) is 17.0 Å². The quantitative estimate of drug-likeness (QED) is 0.946. The molecule has 0 fully saturated rings. The number of aryl methyl sites for hydroxylation is 1. The topological polar surface area (TPSA) is 55.2 Å². The van der Waals surface area contributed by atoms with Crippen molar-refractivity contribution in [2.75, 3.05) is 0 Å². The summed E-state index contributed by atoms with van der Waals surface area (Å²) in [7, 11) is 0. The maximum absolute atomic E-state index is 9.01. The van der Waals surface area contributed by atoms with Crippen LogP contribution in [0.2, 0.25) is 0 Å². The summed E-state index contributed by atoms with van der Waals surface area (Å²) in [6.07, 6.45) is 1.56. The van der Waals surface area contributed by atoms with Gasteiger partial charge in [0.1, 0.15) is 5.75 Å². The van der Waals surface area contributed by atoms with Gasteiger partial charge in [0.05, 0.1) is 16.8 Å². The van der Waals surface area contributed by atoms with Gasteiger partial charge in [-0.1, -0.05) is 12.1 Å². The van der Waals surface area contributed by atoms with Crippen LogP contribution in [0, 0.1) is 6.92 Å². The molecule has 0 aliphatic carbocycles. The van der Waals surface area contributed by atoms with Crippen LogP contribution < -0.4 is 4.74 Å². The summed E-state index contributed by atoms with van der Waals surface area (Å²) >= 11 is 3.38. The van der Waals surface area contributed by atoms with Crippen molar-refractivity contribution in [3.05, 3.63) is 46.2 Å². The molecule has 2 rings (SSSR count). The van der Waals surface area contributed by atoms with Crippen LogP contribution in [0.5, 0.6) is 11.8 Å². The Labute approximate surface area is 107 Å². The predicted molar refractivity (Wildman–Crippen MR) is 66.9 cm³/mol. The smallest absolute Gasteiger partial charge is 0.322 e. The van der Waals surface area contributed by atoms with E-state index in [-0.39, 0.29) is 12.6 Å². The molecule has 1 aromatic heterocycles. The largest absolute Gasteiger partial charge is 0.423 e. The van der Waals surface area contributed by atoms with Crippen LogP contribution in [0.15, 0.2) is 34.9 Å². The number of halogens is 1. The zero-order chi connectivity index (χ0) is 12.3. The molecule has 0 spiro atoms. The highest BCUT2D eigenvalue weighted by molar-refractivity contribution is 9.10. The first kappa shape index (κ1) is 12.0. The van der Waals surface area contributed by atoms with E-state index in [2.05, 4.69) is 25.9 Å². The summed E-state index contributed by atoms with van der Waals surface area (Å²) in [6, 6.07) is 7.74. The minimum atomic E-state index is -0.0683. The third-order valence-electron chi connectivity index (χ3n) is 2.27. The van der Waals surface area contributed by atoms with E-state index in [0.717, 1.165) is 4.47 Å². The number of nitrogens with zero attached hydrogens (tertiary/aromatic N) is 2. The highest BCUT2D eigenvalue weighted by Gasteiger charge is 2.06. The molecule has 0 bridgehead atoms. The van der Waals surface area contributed by atoms with Gasteiger partial charge < -0.3 is 9.84 Å². The second-order valence-corrected chi connectivity index (χ2v) is 4.31. The van der Waals surface area contributed by atoms with E-state index in [4.69, 9.17) is 9.84 Å². The number of rotatable bonds is 3. The molecule has 4 nitrogen and oxygen atoms in total. The van der Waals surface area contributed by atoms with Crippen molar-refractivity contribution in [2.24, 2.45) is 0 Å². The lowest BCUT2D eigenvalue weighted by Gasteiger charge is -2.07. The molecule has 0 saturated carbocycles. The Kier molecular flexibility index (Phi) is 3.71. The number of ether oxygens (including phenoxy) is 1. The minimum absolute atomic E-state index is 0.0683. The Balaban J connectivity index is 2.25. The van der Waals surface area contributed by atoms with Crippen molar-refractivity contribution >= 4 is 15.9 Å². The van der Waals surface area contributed by atoms with Crippen molar-refractivity contribution in [3.8, 4) is 11.8 Å².